The third kappa shape index (κ3) is 4.78. The molecule has 1 aromatic heterocycles. The zero-order chi connectivity index (χ0) is 15.0. The van der Waals surface area contributed by atoms with Crippen molar-refractivity contribution in [3.8, 4) is 5.75 Å². The van der Waals surface area contributed by atoms with Crippen molar-refractivity contribution in [1.82, 2.24) is 10.3 Å². The molecule has 0 bridgehead atoms. The summed E-state index contributed by atoms with van der Waals surface area (Å²) in [7, 11) is 1.73. The lowest BCUT2D eigenvalue weighted by Gasteiger charge is -2.19. The number of rotatable bonds is 9. The van der Waals surface area contributed by atoms with Crippen LogP contribution in [-0.2, 0) is 6.54 Å². The summed E-state index contributed by atoms with van der Waals surface area (Å²) in [5, 5.41) is 3.67. The van der Waals surface area contributed by atoms with Crippen LogP contribution in [0.15, 0.2) is 6.20 Å². The summed E-state index contributed by atoms with van der Waals surface area (Å²) in [5.74, 6) is 0.970. The molecule has 20 heavy (non-hydrogen) atoms. The summed E-state index contributed by atoms with van der Waals surface area (Å²) in [6, 6.07) is 0.605. The first-order valence-electron chi connectivity index (χ1n) is 7.86. The molecule has 1 heterocycles. The zero-order valence-electron chi connectivity index (χ0n) is 13.8. The fourth-order valence-corrected chi connectivity index (χ4v) is 2.64. The second-order valence-corrected chi connectivity index (χ2v) is 5.55. The van der Waals surface area contributed by atoms with Crippen LogP contribution in [0.1, 0.15) is 62.8 Å². The molecule has 0 aliphatic rings. The van der Waals surface area contributed by atoms with E-state index in [4.69, 9.17) is 4.74 Å². The van der Waals surface area contributed by atoms with Gasteiger partial charge >= 0.3 is 0 Å². The van der Waals surface area contributed by atoms with Crippen molar-refractivity contribution >= 4 is 0 Å². The number of aromatic nitrogens is 1. The maximum atomic E-state index is 5.47. The molecule has 3 nitrogen and oxygen atoms in total. The van der Waals surface area contributed by atoms with Crippen LogP contribution in [0.4, 0.5) is 0 Å². The molecule has 3 heteroatoms. The number of ether oxygens (including phenoxy) is 1. The molecule has 1 unspecified atom stereocenters. The predicted octanol–water partition coefficient (Wildman–Crippen LogP) is 4.16. The number of aryl methyl sites for hydroxylation is 1. The lowest BCUT2D eigenvalue weighted by atomic mass is 10.0. The van der Waals surface area contributed by atoms with Gasteiger partial charge in [-0.1, -0.05) is 33.1 Å². The topological polar surface area (TPSA) is 34.2 Å². The number of unbranched alkanes of at least 4 members (excludes halogenated alkanes) is 1. The van der Waals surface area contributed by atoms with Gasteiger partial charge in [-0.25, -0.2) is 0 Å². The maximum Gasteiger partial charge on any atom is 0.128 e. The van der Waals surface area contributed by atoms with E-state index in [0.29, 0.717) is 6.04 Å². The van der Waals surface area contributed by atoms with Crippen molar-refractivity contribution < 1.29 is 4.74 Å². The quantitative estimate of drug-likeness (QED) is 0.736. The zero-order valence-corrected chi connectivity index (χ0v) is 13.8. The van der Waals surface area contributed by atoms with Gasteiger partial charge in [-0.2, -0.15) is 0 Å². The van der Waals surface area contributed by atoms with Crippen molar-refractivity contribution in [2.75, 3.05) is 7.11 Å². The van der Waals surface area contributed by atoms with Gasteiger partial charge in [-0.15, -0.1) is 0 Å². The Morgan fingerprint density at radius 2 is 1.95 bits per heavy atom. The van der Waals surface area contributed by atoms with Gasteiger partial charge in [0.05, 0.1) is 12.8 Å². The molecule has 1 rings (SSSR count). The lowest BCUT2D eigenvalue weighted by Crippen LogP contribution is -2.29. The molecule has 1 atom stereocenters. The molecule has 1 aromatic rings. The number of hydrogen-bond acceptors (Lipinski definition) is 3. The number of pyridine rings is 1. The van der Waals surface area contributed by atoms with E-state index in [1.165, 1.54) is 32.1 Å². The molecule has 114 valence electrons. The second-order valence-electron chi connectivity index (χ2n) is 5.55. The van der Waals surface area contributed by atoms with E-state index >= 15 is 0 Å². The van der Waals surface area contributed by atoms with Gasteiger partial charge in [0.2, 0.25) is 0 Å². The Morgan fingerprint density at radius 3 is 2.55 bits per heavy atom. The number of nitrogens with zero attached hydrogens (tertiary/aromatic N) is 1. The predicted molar refractivity (Wildman–Crippen MR) is 85.3 cm³/mol. The average molecular weight is 278 g/mol. The maximum absolute atomic E-state index is 5.47. The van der Waals surface area contributed by atoms with E-state index in [-0.39, 0.29) is 0 Å². The van der Waals surface area contributed by atoms with Crippen LogP contribution < -0.4 is 10.1 Å². The third-order valence-corrected chi connectivity index (χ3v) is 3.85. The van der Waals surface area contributed by atoms with Gasteiger partial charge in [-0.05, 0) is 26.7 Å². The Morgan fingerprint density at radius 1 is 1.20 bits per heavy atom. The number of hydrogen-bond donors (Lipinski definition) is 1. The van der Waals surface area contributed by atoms with Gasteiger partial charge in [0.1, 0.15) is 5.75 Å². The van der Waals surface area contributed by atoms with E-state index < -0.39 is 0 Å². The molecule has 0 aliphatic carbocycles. The minimum absolute atomic E-state index is 0.605. The summed E-state index contributed by atoms with van der Waals surface area (Å²) < 4.78 is 5.47. The minimum atomic E-state index is 0.605. The van der Waals surface area contributed by atoms with Gasteiger partial charge < -0.3 is 10.1 Å². The van der Waals surface area contributed by atoms with Crippen LogP contribution in [0.3, 0.4) is 0 Å². The summed E-state index contributed by atoms with van der Waals surface area (Å²) in [6.45, 7) is 9.46. The van der Waals surface area contributed by atoms with Crippen LogP contribution in [-0.4, -0.2) is 18.1 Å². The molecule has 0 fully saturated rings. The van der Waals surface area contributed by atoms with Crippen molar-refractivity contribution in [1.29, 1.82) is 0 Å². The first-order valence-corrected chi connectivity index (χ1v) is 7.86. The van der Waals surface area contributed by atoms with Crippen molar-refractivity contribution in [3.05, 3.63) is 23.0 Å². The highest BCUT2D eigenvalue weighted by Crippen LogP contribution is 2.24. The highest BCUT2D eigenvalue weighted by Gasteiger charge is 2.11. The Labute approximate surface area is 124 Å². The molecular formula is C17H30N2O. The standard InChI is InChI=1S/C17H30N2O/c1-6-8-10-15(9-7-2)18-12-16-14(4)17(20-5)13(3)11-19-16/h11,15,18H,6-10,12H2,1-5H3. The molecule has 0 spiro atoms. The SMILES string of the molecule is CCCCC(CCC)NCc1ncc(C)c(OC)c1C. The van der Waals surface area contributed by atoms with E-state index in [1.54, 1.807) is 7.11 Å². The number of nitrogens with one attached hydrogen (secondary N) is 1. The summed E-state index contributed by atoms with van der Waals surface area (Å²) in [5.41, 5.74) is 3.36. The summed E-state index contributed by atoms with van der Waals surface area (Å²) in [6.07, 6.45) is 8.18. The van der Waals surface area contributed by atoms with Gasteiger partial charge in [0.25, 0.3) is 0 Å². The molecule has 0 saturated heterocycles. The van der Waals surface area contributed by atoms with E-state index in [2.05, 4.69) is 31.1 Å². The molecule has 0 saturated carbocycles. The Balaban J connectivity index is 2.67. The molecule has 0 amide bonds. The van der Waals surface area contributed by atoms with Gasteiger partial charge in [-0.3, -0.25) is 4.98 Å². The Hall–Kier alpha value is -1.09. The fourth-order valence-electron chi connectivity index (χ4n) is 2.64. The van der Waals surface area contributed by atoms with Crippen LogP contribution in [0.25, 0.3) is 0 Å². The molecule has 0 aromatic carbocycles. The largest absolute Gasteiger partial charge is 0.496 e. The van der Waals surface area contributed by atoms with Crippen LogP contribution >= 0.6 is 0 Å². The smallest absolute Gasteiger partial charge is 0.128 e. The Bertz CT molecular complexity index is 404. The van der Waals surface area contributed by atoms with Crippen molar-refractivity contribution in [2.45, 2.75) is 72.4 Å². The summed E-state index contributed by atoms with van der Waals surface area (Å²) in [4.78, 5) is 4.56. The van der Waals surface area contributed by atoms with Crippen LogP contribution in [0, 0.1) is 13.8 Å². The first kappa shape index (κ1) is 17.0. The van der Waals surface area contributed by atoms with Gasteiger partial charge in [0.15, 0.2) is 0 Å². The molecule has 1 N–H and O–H groups in total. The van der Waals surface area contributed by atoms with Crippen molar-refractivity contribution in [3.63, 3.8) is 0 Å². The van der Waals surface area contributed by atoms with E-state index in [9.17, 15) is 0 Å². The third-order valence-electron chi connectivity index (χ3n) is 3.85. The highest BCUT2D eigenvalue weighted by molar-refractivity contribution is 5.40. The highest BCUT2D eigenvalue weighted by atomic mass is 16.5. The van der Waals surface area contributed by atoms with Crippen LogP contribution in [0.2, 0.25) is 0 Å². The molecular weight excluding hydrogens is 248 g/mol. The monoisotopic (exact) mass is 278 g/mol. The molecule has 0 aliphatic heterocycles. The van der Waals surface area contributed by atoms with Gasteiger partial charge in [0, 0.05) is 29.9 Å². The Kier molecular flexibility index (Phi) is 7.60. The number of methoxy groups -OCH3 is 1. The van der Waals surface area contributed by atoms with E-state index in [1.807, 2.05) is 13.1 Å². The first-order chi connectivity index (χ1) is 9.63. The lowest BCUT2D eigenvalue weighted by molar-refractivity contribution is 0.403. The fraction of sp³-hybridized carbons (Fsp3) is 0.706. The van der Waals surface area contributed by atoms with E-state index in [0.717, 1.165) is 29.1 Å². The van der Waals surface area contributed by atoms with Crippen molar-refractivity contribution in [2.24, 2.45) is 0 Å². The summed E-state index contributed by atoms with van der Waals surface area (Å²) >= 11 is 0. The second kappa shape index (κ2) is 8.96. The normalized spacial score (nSPS) is 12.4. The average Bonchev–Trinajstić information content (AvgIpc) is 2.44. The minimum Gasteiger partial charge on any atom is -0.496 e. The molecule has 0 radical (unpaired) electrons. The van der Waals surface area contributed by atoms with Crippen LogP contribution in [0.5, 0.6) is 5.75 Å².